The third-order valence-electron chi connectivity index (χ3n) is 2.72. The Morgan fingerprint density at radius 1 is 1.62 bits per heavy atom. The molecule has 0 aliphatic carbocycles. The second-order valence-electron chi connectivity index (χ2n) is 4.31. The SMILES string of the molecule is CCN(Cc1cc(C)no1)C(C)(C)C(=O)O. The molecule has 0 saturated heterocycles. The lowest BCUT2D eigenvalue weighted by atomic mass is 10.0. The van der Waals surface area contributed by atoms with Crippen molar-refractivity contribution in [3.05, 3.63) is 17.5 Å². The number of hydrogen-bond donors (Lipinski definition) is 1. The largest absolute Gasteiger partial charge is 0.480 e. The minimum atomic E-state index is -0.907. The van der Waals surface area contributed by atoms with E-state index < -0.39 is 11.5 Å². The molecule has 0 amide bonds. The summed E-state index contributed by atoms with van der Waals surface area (Å²) >= 11 is 0. The summed E-state index contributed by atoms with van der Waals surface area (Å²) in [5.41, 5.74) is -0.102. The van der Waals surface area contributed by atoms with E-state index in [4.69, 9.17) is 9.63 Å². The number of likely N-dealkylation sites (N-methyl/N-ethyl adjacent to an activating group) is 1. The highest BCUT2D eigenvalue weighted by molar-refractivity contribution is 5.77. The van der Waals surface area contributed by atoms with E-state index in [1.165, 1.54) is 0 Å². The van der Waals surface area contributed by atoms with Crippen LogP contribution in [0.2, 0.25) is 0 Å². The topological polar surface area (TPSA) is 66.6 Å². The summed E-state index contributed by atoms with van der Waals surface area (Å²) in [6, 6.07) is 1.82. The first-order valence-electron chi connectivity index (χ1n) is 5.28. The molecule has 0 atom stereocenters. The smallest absolute Gasteiger partial charge is 0.323 e. The van der Waals surface area contributed by atoms with E-state index in [0.29, 0.717) is 18.8 Å². The van der Waals surface area contributed by atoms with Crippen LogP contribution in [0.3, 0.4) is 0 Å². The van der Waals surface area contributed by atoms with E-state index in [0.717, 1.165) is 5.69 Å². The maximum absolute atomic E-state index is 11.1. The summed E-state index contributed by atoms with van der Waals surface area (Å²) in [5.74, 6) is -0.153. The van der Waals surface area contributed by atoms with Gasteiger partial charge in [-0.05, 0) is 27.3 Å². The van der Waals surface area contributed by atoms with Gasteiger partial charge in [-0.2, -0.15) is 0 Å². The van der Waals surface area contributed by atoms with Crippen molar-refractivity contribution >= 4 is 5.97 Å². The minimum Gasteiger partial charge on any atom is -0.480 e. The number of aromatic nitrogens is 1. The van der Waals surface area contributed by atoms with Crippen LogP contribution >= 0.6 is 0 Å². The zero-order chi connectivity index (χ0) is 12.3. The maximum atomic E-state index is 11.1. The van der Waals surface area contributed by atoms with Crippen molar-refractivity contribution in [3.8, 4) is 0 Å². The second-order valence-corrected chi connectivity index (χ2v) is 4.31. The Kier molecular flexibility index (Phi) is 3.70. The van der Waals surface area contributed by atoms with Crippen molar-refractivity contribution in [2.75, 3.05) is 6.54 Å². The van der Waals surface area contributed by atoms with Gasteiger partial charge in [-0.1, -0.05) is 12.1 Å². The summed E-state index contributed by atoms with van der Waals surface area (Å²) in [6.07, 6.45) is 0. The summed E-state index contributed by atoms with van der Waals surface area (Å²) < 4.78 is 5.09. The molecule has 90 valence electrons. The Morgan fingerprint density at radius 3 is 2.62 bits per heavy atom. The predicted molar refractivity (Wildman–Crippen MR) is 59.0 cm³/mol. The first-order chi connectivity index (χ1) is 7.37. The first kappa shape index (κ1) is 12.7. The lowest BCUT2D eigenvalue weighted by molar-refractivity contribution is -0.149. The van der Waals surface area contributed by atoms with E-state index >= 15 is 0 Å². The summed E-state index contributed by atoms with van der Waals surface area (Å²) in [5, 5.41) is 12.9. The molecule has 0 aliphatic heterocycles. The first-order valence-corrected chi connectivity index (χ1v) is 5.28. The van der Waals surface area contributed by atoms with Crippen molar-refractivity contribution in [2.45, 2.75) is 39.8 Å². The summed E-state index contributed by atoms with van der Waals surface area (Å²) in [7, 11) is 0. The molecule has 0 unspecified atom stereocenters. The number of nitrogens with zero attached hydrogens (tertiary/aromatic N) is 2. The molecule has 0 bridgehead atoms. The molecule has 0 radical (unpaired) electrons. The fraction of sp³-hybridized carbons (Fsp3) is 0.636. The highest BCUT2D eigenvalue weighted by Crippen LogP contribution is 2.18. The third-order valence-corrected chi connectivity index (χ3v) is 2.72. The van der Waals surface area contributed by atoms with Crippen LogP contribution in [0.15, 0.2) is 10.6 Å². The molecule has 1 aromatic rings. The van der Waals surface area contributed by atoms with Crippen LogP contribution in [0.4, 0.5) is 0 Å². The number of aryl methyl sites for hydroxylation is 1. The second kappa shape index (κ2) is 4.65. The highest BCUT2D eigenvalue weighted by atomic mass is 16.5. The van der Waals surface area contributed by atoms with Gasteiger partial charge in [0.05, 0.1) is 12.2 Å². The van der Waals surface area contributed by atoms with Crippen molar-refractivity contribution in [1.29, 1.82) is 0 Å². The predicted octanol–water partition coefficient (Wildman–Crippen LogP) is 1.67. The van der Waals surface area contributed by atoms with Gasteiger partial charge in [0.15, 0.2) is 5.76 Å². The quantitative estimate of drug-likeness (QED) is 0.827. The molecule has 0 aromatic carbocycles. The highest BCUT2D eigenvalue weighted by Gasteiger charge is 2.34. The molecule has 1 rings (SSSR count). The van der Waals surface area contributed by atoms with Crippen LogP contribution in [0.25, 0.3) is 0 Å². The fourth-order valence-electron chi connectivity index (χ4n) is 1.52. The molecule has 1 heterocycles. The Hall–Kier alpha value is -1.36. The molecule has 5 nitrogen and oxygen atoms in total. The molecule has 0 spiro atoms. The van der Waals surface area contributed by atoms with Gasteiger partial charge in [0, 0.05) is 6.07 Å². The number of hydrogen-bond acceptors (Lipinski definition) is 4. The van der Waals surface area contributed by atoms with E-state index in [1.54, 1.807) is 13.8 Å². The molecule has 16 heavy (non-hydrogen) atoms. The number of rotatable bonds is 5. The lowest BCUT2D eigenvalue weighted by Crippen LogP contribution is -2.49. The van der Waals surface area contributed by atoms with Gasteiger partial charge in [-0.3, -0.25) is 9.69 Å². The number of carboxylic acids is 1. The molecule has 0 fully saturated rings. The van der Waals surface area contributed by atoms with Crippen LogP contribution in [0, 0.1) is 6.92 Å². The van der Waals surface area contributed by atoms with Crippen LogP contribution in [0.5, 0.6) is 0 Å². The zero-order valence-electron chi connectivity index (χ0n) is 10.1. The van der Waals surface area contributed by atoms with E-state index in [2.05, 4.69) is 5.16 Å². The average molecular weight is 226 g/mol. The Bertz CT molecular complexity index is 371. The van der Waals surface area contributed by atoms with Crippen molar-refractivity contribution in [1.82, 2.24) is 10.1 Å². The van der Waals surface area contributed by atoms with Gasteiger partial charge >= 0.3 is 5.97 Å². The molecule has 1 aromatic heterocycles. The summed E-state index contributed by atoms with van der Waals surface area (Å²) in [6.45, 7) is 8.22. The Balaban J connectivity index is 2.80. The Morgan fingerprint density at radius 2 is 2.25 bits per heavy atom. The normalized spacial score (nSPS) is 12.1. The van der Waals surface area contributed by atoms with Gasteiger partial charge in [0.1, 0.15) is 5.54 Å². The van der Waals surface area contributed by atoms with Crippen molar-refractivity contribution in [3.63, 3.8) is 0 Å². The average Bonchev–Trinajstić information content (AvgIpc) is 2.60. The monoisotopic (exact) mass is 226 g/mol. The van der Waals surface area contributed by atoms with E-state index in [1.807, 2.05) is 24.8 Å². The Labute approximate surface area is 95.0 Å². The van der Waals surface area contributed by atoms with E-state index in [9.17, 15) is 4.79 Å². The number of carboxylic acid groups (broad SMARTS) is 1. The third kappa shape index (κ3) is 2.61. The lowest BCUT2D eigenvalue weighted by Gasteiger charge is -2.33. The molecule has 5 heteroatoms. The van der Waals surface area contributed by atoms with Crippen molar-refractivity contribution < 1.29 is 14.4 Å². The minimum absolute atomic E-state index is 0.455. The molecule has 1 N–H and O–H groups in total. The van der Waals surface area contributed by atoms with Crippen LogP contribution in [-0.4, -0.2) is 33.2 Å². The standard InChI is InChI=1S/C11H18N2O3/c1-5-13(11(3,4)10(14)15)7-9-6-8(2)12-16-9/h6H,5,7H2,1-4H3,(H,14,15). The zero-order valence-corrected chi connectivity index (χ0v) is 10.1. The van der Waals surface area contributed by atoms with Crippen LogP contribution in [-0.2, 0) is 11.3 Å². The molecular formula is C11H18N2O3. The number of aliphatic carboxylic acids is 1. The van der Waals surface area contributed by atoms with Gasteiger partial charge in [-0.25, -0.2) is 0 Å². The number of carbonyl (C=O) groups is 1. The fourth-order valence-corrected chi connectivity index (χ4v) is 1.52. The van der Waals surface area contributed by atoms with Crippen molar-refractivity contribution in [2.24, 2.45) is 0 Å². The molecular weight excluding hydrogens is 208 g/mol. The molecule has 0 aliphatic rings. The summed E-state index contributed by atoms with van der Waals surface area (Å²) in [4.78, 5) is 13.0. The van der Waals surface area contributed by atoms with Gasteiger partial charge in [0.2, 0.25) is 0 Å². The van der Waals surface area contributed by atoms with Gasteiger partial charge in [0.25, 0.3) is 0 Å². The van der Waals surface area contributed by atoms with Gasteiger partial charge < -0.3 is 9.63 Å². The van der Waals surface area contributed by atoms with Gasteiger partial charge in [-0.15, -0.1) is 0 Å². The van der Waals surface area contributed by atoms with Crippen LogP contribution < -0.4 is 0 Å². The van der Waals surface area contributed by atoms with E-state index in [-0.39, 0.29) is 0 Å². The van der Waals surface area contributed by atoms with Crippen LogP contribution in [0.1, 0.15) is 32.2 Å². The molecule has 0 saturated carbocycles. The maximum Gasteiger partial charge on any atom is 0.323 e.